The van der Waals surface area contributed by atoms with Gasteiger partial charge in [0.25, 0.3) is 5.91 Å². The van der Waals surface area contributed by atoms with E-state index in [1.807, 2.05) is 4.90 Å². The van der Waals surface area contributed by atoms with Crippen molar-refractivity contribution in [2.24, 2.45) is 0 Å². The van der Waals surface area contributed by atoms with Crippen LogP contribution in [0.5, 0.6) is 0 Å². The molecule has 2 aromatic carbocycles. The van der Waals surface area contributed by atoms with E-state index in [1.165, 1.54) is 18.2 Å². The summed E-state index contributed by atoms with van der Waals surface area (Å²) in [6.07, 6.45) is 0.386. The van der Waals surface area contributed by atoms with Crippen LogP contribution in [0.15, 0.2) is 30.3 Å². The molecule has 0 saturated carbocycles. The van der Waals surface area contributed by atoms with Gasteiger partial charge in [0.1, 0.15) is 5.82 Å². The second kappa shape index (κ2) is 7.19. The molecule has 2 aliphatic heterocycles. The Kier molecular flexibility index (Phi) is 5.00. The van der Waals surface area contributed by atoms with Crippen LogP contribution in [-0.4, -0.2) is 29.2 Å². The predicted molar refractivity (Wildman–Crippen MR) is 106 cm³/mol. The van der Waals surface area contributed by atoms with E-state index < -0.39 is 23.4 Å². The summed E-state index contributed by atoms with van der Waals surface area (Å²) >= 11 is 12.3. The van der Waals surface area contributed by atoms with E-state index in [9.17, 15) is 19.4 Å². The predicted octanol–water partition coefficient (Wildman–Crippen LogP) is 4.00. The van der Waals surface area contributed by atoms with Crippen LogP contribution in [0.3, 0.4) is 0 Å². The van der Waals surface area contributed by atoms with Gasteiger partial charge in [-0.2, -0.15) is 0 Å². The molecule has 4 rings (SSSR count). The van der Waals surface area contributed by atoms with Crippen molar-refractivity contribution in [2.75, 3.05) is 23.3 Å². The van der Waals surface area contributed by atoms with Crippen LogP contribution >= 0.6 is 23.2 Å². The molecule has 1 fully saturated rings. The van der Waals surface area contributed by atoms with Gasteiger partial charge in [0.2, 0.25) is 0 Å². The number of nitrogens with one attached hydrogen (secondary N) is 1. The Morgan fingerprint density at radius 1 is 1.18 bits per heavy atom. The molecule has 148 valence electrons. The Balaban J connectivity index is 1.62. The summed E-state index contributed by atoms with van der Waals surface area (Å²) in [6, 6.07) is 7.46. The summed E-state index contributed by atoms with van der Waals surface area (Å²) in [5, 5.41) is 24.6. The molecule has 1 saturated heterocycles. The number of nitrogens with zero attached hydrogens (tertiary/aromatic N) is 1. The van der Waals surface area contributed by atoms with Gasteiger partial charge in [-0.25, -0.2) is 4.39 Å². The van der Waals surface area contributed by atoms with Crippen LogP contribution in [0.2, 0.25) is 10.0 Å². The van der Waals surface area contributed by atoms with Gasteiger partial charge in [-0.3, -0.25) is 4.79 Å². The first-order valence-electron chi connectivity index (χ1n) is 9.06. The second-order valence-corrected chi connectivity index (χ2v) is 8.03. The number of aliphatic hydroxyl groups is 2. The van der Waals surface area contributed by atoms with E-state index in [0.717, 1.165) is 25.9 Å². The zero-order valence-corrected chi connectivity index (χ0v) is 16.4. The third kappa shape index (κ3) is 3.14. The maximum atomic E-state index is 14.6. The lowest BCUT2D eigenvalue weighted by Crippen LogP contribution is -2.36. The van der Waals surface area contributed by atoms with E-state index >= 15 is 0 Å². The maximum Gasteiger partial charge on any atom is 0.261 e. The van der Waals surface area contributed by atoms with E-state index in [1.54, 1.807) is 12.1 Å². The molecule has 2 atom stereocenters. The summed E-state index contributed by atoms with van der Waals surface area (Å²) in [5.41, 5.74) is -0.954. The third-order valence-corrected chi connectivity index (χ3v) is 6.05. The molecule has 0 aromatic heterocycles. The topological polar surface area (TPSA) is 72.8 Å². The average molecular weight is 425 g/mol. The minimum absolute atomic E-state index is 0.125. The summed E-state index contributed by atoms with van der Waals surface area (Å²) in [5.74, 6) is -1.17. The van der Waals surface area contributed by atoms with Gasteiger partial charge in [0, 0.05) is 30.1 Å². The Morgan fingerprint density at radius 2 is 1.86 bits per heavy atom. The van der Waals surface area contributed by atoms with Crippen molar-refractivity contribution in [1.82, 2.24) is 0 Å². The van der Waals surface area contributed by atoms with E-state index in [2.05, 4.69) is 5.32 Å². The first-order valence-corrected chi connectivity index (χ1v) is 9.81. The summed E-state index contributed by atoms with van der Waals surface area (Å²) < 4.78 is 14.6. The Morgan fingerprint density at radius 3 is 2.54 bits per heavy atom. The largest absolute Gasteiger partial charge is 0.388 e. The highest BCUT2D eigenvalue weighted by molar-refractivity contribution is 6.38. The van der Waals surface area contributed by atoms with Crippen LogP contribution in [-0.2, 0) is 10.4 Å². The monoisotopic (exact) mass is 424 g/mol. The molecule has 1 amide bonds. The molecule has 8 heteroatoms. The highest BCUT2D eigenvalue weighted by Crippen LogP contribution is 2.48. The molecule has 2 aliphatic rings. The smallest absolute Gasteiger partial charge is 0.261 e. The fourth-order valence-electron chi connectivity index (χ4n) is 3.95. The van der Waals surface area contributed by atoms with Crippen LogP contribution in [0.25, 0.3) is 0 Å². The van der Waals surface area contributed by atoms with Crippen molar-refractivity contribution < 1.29 is 19.4 Å². The van der Waals surface area contributed by atoms with E-state index in [-0.39, 0.29) is 33.3 Å². The number of aliphatic hydroxyl groups excluding tert-OH is 1. The number of hydrogen-bond donors (Lipinski definition) is 3. The molecule has 2 heterocycles. The normalized spacial score (nSPS) is 22.3. The minimum atomic E-state index is -2.07. The molecule has 2 aromatic rings. The van der Waals surface area contributed by atoms with Crippen molar-refractivity contribution >= 4 is 40.5 Å². The van der Waals surface area contributed by atoms with Crippen molar-refractivity contribution in [3.63, 3.8) is 0 Å². The minimum Gasteiger partial charge on any atom is -0.388 e. The summed E-state index contributed by atoms with van der Waals surface area (Å²) in [6.45, 7) is 1.60. The number of fused-ring (bicyclic) bond motifs is 1. The van der Waals surface area contributed by atoms with Crippen molar-refractivity contribution in [3.05, 3.63) is 57.3 Å². The molecule has 28 heavy (non-hydrogen) atoms. The van der Waals surface area contributed by atoms with E-state index in [0.29, 0.717) is 5.69 Å². The Labute approximate surface area is 171 Å². The molecular weight excluding hydrogens is 406 g/mol. The number of carbonyl (C=O) groups is 1. The highest BCUT2D eigenvalue weighted by atomic mass is 35.5. The van der Waals surface area contributed by atoms with Gasteiger partial charge in [-0.05, 0) is 42.7 Å². The van der Waals surface area contributed by atoms with E-state index in [4.69, 9.17) is 23.2 Å². The number of amides is 1. The SMILES string of the molecule is O=C1Nc2c(Cl)ccc(Cl)c2[C@]1(O)CC(O)c1ccc(N2CCCC2)c(F)c1. The fraction of sp³-hybridized carbons (Fsp3) is 0.350. The highest BCUT2D eigenvalue weighted by Gasteiger charge is 2.49. The lowest BCUT2D eigenvalue weighted by Gasteiger charge is -2.25. The van der Waals surface area contributed by atoms with Gasteiger partial charge in [-0.15, -0.1) is 0 Å². The standard InChI is InChI=1S/C20H19Cl2FN2O3/c21-12-4-5-13(22)18-17(12)20(28,19(27)24-18)10-16(26)11-3-6-15(14(23)9-11)25-7-1-2-8-25/h3-6,9,16,26,28H,1-2,7-8,10H2,(H,24,27)/t16?,20-/m1/s1. The number of hydrogen-bond acceptors (Lipinski definition) is 4. The molecule has 0 radical (unpaired) electrons. The van der Waals surface area contributed by atoms with Crippen LogP contribution in [0, 0.1) is 5.82 Å². The zero-order valence-electron chi connectivity index (χ0n) is 14.9. The summed E-state index contributed by atoms with van der Waals surface area (Å²) in [7, 11) is 0. The van der Waals surface area contributed by atoms with Gasteiger partial charge in [-0.1, -0.05) is 29.3 Å². The Hall–Kier alpha value is -1.86. The lowest BCUT2D eigenvalue weighted by atomic mass is 9.87. The van der Waals surface area contributed by atoms with Crippen molar-refractivity contribution in [3.8, 4) is 0 Å². The molecule has 5 nitrogen and oxygen atoms in total. The fourth-order valence-corrected chi connectivity index (χ4v) is 4.46. The lowest BCUT2D eigenvalue weighted by molar-refractivity contribution is -0.137. The molecule has 1 unspecified atom stereocenters. The Bertz CT molecular complexity index is 949. The van der Waals surface area contributed by atoms with Gasteiger partial charge in [0.05, 0.1) is 22.5 Å². The van der Waals surface area contributed by atoms with Gasteiger partial charge < -0.3 is 20.4 Å². The quantitative estimate of drug-likeness (QED) is 0.693. The number of carbonyl (C=O) groups excluding carboxylic acids is 1. The molecule has 0 bridgehead atoms. The average Bonchev–Trinajstić information content (AvgIpc) is 3.26. The number of anilines is 2. The first kappa shape index (κ1) is 19.5. The number of halogens is 3. The number of rotatable bonds is 4. The third-order valence-electron chi connectivity index (χ3n) is 5.42. The molecule has 0 spiro atoms. The van der Waals surface area contributed by atoms with Crippen molar-refractivity contribution in [2.45, 2.75) is 31.0 Å². The number of benzene rings is 2. The van der Waals surface area contributed by atoms with Gasteiger partial charge >= 0.3 is 0 Å². The molecular formula is C20H19Cl2FN2O3. The van der Waals surface area contributed by atoms with Crippen LogP contribution in [0.4, 0.5) is 15.8 Å². The van der Waals surface area contributed by atoms with Crippen LogP contribution < -0.4 is 10.2 Å². The molecule has 0 aliphatic carbocycles. The molecule has 3 N–H and O–H groups in total. The summed E-state index contributed by atoms with van der Waals surface area (Å²) in [4.78, 5) is 14.4. The first-order chi connectivity index (χ1) is 13.3. The second-order valence-electron chi connectivity index (χ2n) is 7.22. The van der Waals surface area contributed by atoms with Crippen LogP contribution in [0.1, 0.15) is 36.5 Å². The van der Waals surface area contributed by atoms with Gasteiger partial charge in [0.15, 0.2) is 5.60 Å². The maximum absolute atomic E-state index is 14.6. The zero-order chi connectivity index (χ0) is 20.1. The van der Waals surface area contributed by atoms with Crippen molar-refractivity contribution in [1.29, 1.82) is 0 Å².